The third kappa shape index (κ3) is 3.53. The number of aryl methyl sites for hydroxylation is 1. The molecule has 3 nitrogen and oxygen atoms in total. The van der Waals surface area contributed by atoms with Gasteiger partial charge < -0.3 is 4.57 Å². The summed E-state index contributed by atoms with van der Waals surface area (Å²) in [4.78, 5) is 18.4. The third-order valence-corrected chi connectivity index (χ3v) is 5.43. The average Bonchev–Trinajstić information content (AvgIpc) is 2.83. The van der Waals surface area contributed by atoms with Crippen LogP contribution in [0.1, 0.15) is 15.2 Å². The van der Waals surface area contributed by atoms with Gasteiger partial charge in [-0.05, 0) is 48.9 Å². The standard InChI is InChI=1S/C18H14BrClN2OS/c1-11-16(12-5-9-15(20)10-6-12)22(2)18(24-11)21-17(23)13-3-7-14(19)8-4-13/h3-10H,1-2H3. The van der Waals surface area contributed by atoms with E-state index in [0.717, 1.165) is 20.6 Å². The minimum atomic E-state index is -0.248. The van der Waals surface area contributed by atoms with E-state index in [9.17, 15) is 4.79 Å². The van der Waals surface area contributed by atoms with Crippen molar-refractivity contribution in [1.82, 2.24) is 4.57 Å². The molecule has 0 unspecified atom stereocenters. The number of thiazole rings is 1. The van der Waals surface area contributed by atoms with Crippen molar-refractivity contribution >= 4 is 44.8 Å². The van der Waals surface area contributed by atoms with Crippen LogP contribution in [-0.2, 0) is 7.05 Å². The molecule has 0 saturated heterocycles. The van der Waals surface area contributed by atoms with Crippen LogP contribution in [0.2, 0.25) is 5.02 Å². The summed E-state index contributed by atoms with van der Waals surface area (Å²) in [6.45, 7) is 2.03. The minimum absolute atomic E-state index is 0.248. The summed E-state index contributed by atoms with van der Waals surface area (Å²) < 4.78 is 2.88. The maximum atomic E-state index is 12.4. The van der Waals surface area contributed by atoms with Gasteiger partial charge in [0.05, 0.1) is 5.69 Å². The normalized spacial score (nSPS) is 11.8. The van der Waals surface area contributed by atoms with E-state index in [-0.39, 0.29) is 5.91 Å². The second-order valence-corrected chi connectivity index (χ2v) is 7.81. The minimum Gasteiger partial charge on any atom is -0.319 e. The molecule has 3 aromatic rings. The molecule has 6 heteroatoms. The first-order valence-corrected chi connectivity index (χ1v) is 9.21. The highest BCUT2D eigenvalue weighted by Crippen LogP contribution is 2.25. The number of hydrogen-bond donors (Lipinski definition) is 0. The Kier molecular flexibility index (Phi) is 5.04. The molecule has 3 rings (SSSR count). The number of nitrogens with zero attached hydrogens (tertiary/aromatic N) is 2. The van der Waals surface area contributed by atoms with Crippen LogP contribution in [0.5, 0.6) is 0 Å². The van der Waals surface area contributed by atoms with Crippen LogP contribution in [-0.4, -0.2) is 10.5 Å². The average molecular weight is 422 g/mol. The van der Waals surface area contributed by atoms with E-state index in [0.29, 0.717) is 15.4 Å². The number of carbonyl (C=O) groups excluding carboxylic acids is 1. The van der Waals surface area contributed by atoms with Crippen LogP contribution in [0.3, 0.4) is 0 Å². The van der Waals surface area contributed by atoms with E-state index in [1.807, 2.05) is 54.9 Å². The smallest absolute Gasteiger partial charge is 0.279 e. The fourth-order valence-corrected chi connectivity index (χ4v) is 3.80. The molecule has 122 valence electrons. The Morgan fingerprint density at radius 2 is 1.75 bits per heavy atom. The van der Waals surface area contributed by atoms with Gasteiger partial charge >= 0.3 is 0 Å². The molecule has 0 aliphatic rings. The second kappa shape index (κ2) is 7.05. The Morgan fingerprint density at radius 3 is 2.38 bits per heavy atom. The predicted octanol–water partition coefficient (Wildman–Crippen LogP) is 5.22. The first-order chi connectivity index (χ1) is 11.5. The van der Waals surface area contributed by atoms with E-state index in [2.05, 4.69) is 20.9 Å². The quantitative estimate of drug-likeness (QED) is 0.558. The molecular formula is C18H14BrClN2OS. The molecule has 1 amide bonds. The van der Waals surface area contributed by atoms with Gasteiger partial charge in [-0.1, -0.05) is 39.7 Å². The van der Waals surface area contributed by atoms with Crippen molar-refractivity contribution in [1.29, 1.82) is 0 Å². The summed E-state index contributed by atoms with van der Waals surface area (Å²) in [5.41, 5.74) is 2.66. The molecule has 0 N–H and O–H groups in total. The molecule has 0 atom stereocenters. The Hall–Kier alpha value is -1.69. The van der Waals surface area contributed by atoms with E-state index in [1.165, 1.54) is 11.3 Å². The van der Waals surface area contributed by atoms with Crippen molar-refractivity contribution in [2.45, 2.75) is 6.92 Å². The Labute approximate surface area is 157 Å². The van der Waals surface area contributed by atoms with Gasteiger partial charge in [0.1, 0.15) is 0 Å². The van der Waals surface area contributed by atoms with E-state index >= 15 is 0 Å². The van der Waals surface area contributed by atoms with Gasteiger partial charge in [-0.2, -0.15) is 4.99 Å². The molecule has 0 saturated carbocycles. The number of halogens is 2. The van der Waals surface area contributed by atoms with Gasteiger partial charge in [0, 0.05) is 27.0 Å². The lowest BCUT2D eigenvalue weighted by Gasteiger charge is -2.04. The number of amides is 1. The Morgan fingerprint density at radius 1 is 1.12 bits per heavy atom. The first-order valence-electron chi connectivity index (χ1n) is 7.22. The third-order valence-electron chi connectivity index (χ3n) is 3.61. The van der Waals surface area contributed by atoms with Gasteiger partial charge in [0.25, 0.3) is 5.91 Å². The number of aromatic nitrogens is 1. The molecule has 1 aromatic heterocycles. The molecule has 0 radical (unpaired) electrons. The van der Waals surface area contributed by atoms with Crippen molar-refractivity contribution in [3.05, 3.63) is 73.3 Å². The molecular weight excluding hydrogens is 408 g/mol. The van der Waals surface area contributed by atoms with Crippen LogP contribution >= 0.6 is 38.9 Å². The summed E-state index contributed by atoms with van der Waals surface area (Å²) in [5, 5.41) is 0.699. The second-order valence-electron chi connectivity index (χ2n) is 5.28. The summed E-state index contributed by atoms with van der Waals surface area (Å²) in [6, 6.07) is 14.8. The SMILES string of the molecule is Cc1sc(=NC(=O)c2ccc(Br)cc2)n(C)c1-c1ccc(Cl)cc1. The number of rotatable bonds is 2. The summed E-state index contributed by atoms with van der Waals surface area (Å²) in [6.07, 6.45) is 0. The number of benzene rings is 2. The van der Waals surface area contributed by atoms with E-state index in [4.69, 9.17) is 11.6 Å². The fraction of sp³-hybridized carbons (Fsp3) is 0.111. The van der Waals surface area contributed by atoms with Crippen LogP contribution < -0.4 is 4.80 Å². The molecule has 2 aromatic carbocycles. The van der Waals surface area contributed by atoms with Crippen molar-refractivity contribution in [3.63, 3.8) is 0 Å². The molecule has 0 bridgehead atoms. The van der Waals surface area contributed by atoms with Crippen LogP contribution in [0.25, 0.3) is 11.3 Å². The lowest BCUT2D eigenvalue weighted by Crippen LogP contribution is -2.14. The van der Waals surface area contributed by atoms with Gasteiger partial charge in [0.15, 0.2) is 4.80 Å². The summed E-state index contributed by atoms with van der Waals surface area (Å²) >= 11 is 10.8. The maximum absolute atomic E-state index is 12.4. The molecule has 24 heavy (non-hydrogen) atoms. The van der Waals surface area contributed by atoms with Gasteiger partial charge in [-0.3, -0.25) is 4.79 Å². The van der Waals surface area contributed by atoms with Crippen molar-refractivity contribution in [2.75, 3.05) is 0 Å². The van der Waals surface area contributed by atoms with Gasteiger partial charge in [0.2, 0.25) is 0 Å². The van der Waals surface area contributed by atoms with Gasteiger partial charge in [-0.25, -0.2) is 0 Å². The largest absolute Gasteiger partial charge is 0.319 e. The molecule has 0 fully saturated rings. The highest BCUT2D eigenvalue weighted by Gasteiger charge is 2.11. The lowest BCUT2D eigenvalue weighted by atomic mass is 10.1. The number of carbonyl (C=O) groups is 1. The number of hydrogen-bond acceptors (Lipinski definition) is 2. The van der Waals surface area contributed by atoms with Crippen molar-refractivity contribution < 1.29 is 4.79 Å². The van der Waals surface area contributed by atoms with Crippen LogP contribution in [0.15, 0.2) is 58.0 Å². The fourth-order valence-electron chi connectivity index (χ4n) is 2.43. The Balaban J connectivity index is 2.03. The molecule has 0 spiro atoms. The first kappa shape index (κ1) is 17.1. The highest BCUT2D eigenvalue weighted by atomic mass is 79.9. The lowest BCUT2D eigenvalue weighted by molar-refractivity contribution is 0.0998. The highest BCUT2D eigenvalue weighted by molar-refractivity contribution is 9.10. The van der Waals surface area contributed by atoms with E-state index in [1.54, 1.807) is 12.1 Å². The zero-order valence-corrected chi connectivity index (χ0v) is 16.2. The van der Waals surface area contributed by atoms with Crippen molar-refractivity contribution in [3.8, 4) is 11.3 Å². The topological polar surface area (TPSA) is 34.4 Å². The van der Waals surface area contributed by atoms with Gasteiger partial charge in [-0.15, -0.1) is 11.3 Å². The van der Waals surface area contributed by atoms with Crippen LogP contribution in [0, 0.1) is 6.92 Å². The zero-order chi connectivity index (χ0) is 17.3. The predicted molar refractivity (Wildman–Crippen MR) is 103 cm³/mol. The molecule has 1 heterocycles. The maximum Gasteiger partial charge on any atom is 0.279 e. The summed E-state index contributed by atoms with van der Waals surface area (Å²) in [7, 11) is 1.92. The van der Waals surface area contributed by atoms with E-state index < -0.39 is 0 Å². The van der Waals surface area contributed by atoms with Crippen molar-refractivity contribution in [2.24, 2.45) is 12.0 Å². The summed E-state index contributed by atoms with van der Waals surface area (Å²) in [5.74, 6) is -0.248. The van der Waals surface area contributed by atoms with Crippen LogP contribution in [0.4, 0.5) is 0 Å². The zero-order valence-electron chi connectivity index (χ0n) is 13.1. The molecule has 0 aliphatic carbocycles. The monoisotopic (exact) mass is 420 g/mol. The Bertz CT molecular complexity index is 956. The molecule has 0 aliphatic heterocycles.